The number of rotatable bonds is 4. The van der Waals surface area contributed by atoms with Gasteiger partial charge in [-0.25, -0.2) is 4.98 Å². The first kappa shape index (κ1) is 10.8. The smallest absolute Gasteiger partial charge is 0.318 e. The van der Waals surface area contributed by atoms with E-state index in [1.807, 2.05) is 6.92 Å². The highest BCUT2D eigenvalue weighted by Crippen LogP contribution is 2.19. The Morgan fingerprint density at radius 2 is 2.43 bits per heavy atom. The number of hydrogen-bond acceptors (Lipinski definition) is 4. The van der Waals surface area contributed by atoms with E-state index >= 15 is 0 Å². The van der Waals surface area contributed by atoms with Gasteiger partial charge in [-0.1, -0.05) is 23.8 Å². The maximum atomic E-state index is 5.86. The van der Waals surface area contributed by atoms with Gasteiger partial charge in [-0.15, -0.1) is 0 Å². The van der Waals surface area contributed by atoms with E-state index in [9.17, 15) is 0 Å². The van der Waals surface area contributed by atoms with Crippen molar-refractivity contribution in [1.29, 1.82) is 0 Å². The number of hydrogen-bond donors (Lipinski definition) is 1. The molecular weight excluding hydrogens is 202 g/mol. The van der Waals surface area contributed by atoms with Crippen molar-refractivity contribution in [1.82, 2.24) is 9.97 Å². The molecule has 1 heterocycles. The summed E-state index contributed by atoms with van der Waals surface area (Å²) in [6.45, 7) is 6.30. The predicted octanol–water partition coefficient (Wildman–Crippen LogP) is 2.13. The van der Waals surface area contributed by atoms with Crippen molar-refractivity contribution >= 4 is 17.4 Å². The fraction of sp³-hybridized carbons (Fsp3) is 0.333. The number of ether oxygens (including phenoxy) is 1. The zero-order chi connectivity index (χ0) is 10.6. The third kappa shape index (κ3) is 2.88. The van der Waals surface area contributed by atoms with Crippen LogP contribution in [0.15, 0.2) is 18.3 Å². The number of nitrogens with one attached hydrogen (secondary N) is 1. The van der Waals surface area contributed by atoms with E-state index in [0.29, 0.717) is 23.4 Å². The second-order valence-corrected chi connectivity index (χ2v) is 3.27. The van der Waals surface area contributed by atoms with E-state index in [4.69, 9.17) is 16.3 Å². The molecule has 14 heavy (non-hydrogen) atoms. The van der Waals surface area contributed by atoms with Crippen LogP contribution in [-0.2, 0) is 0 Å². The predicted molar refractivity (Wildman–Crippen MR) is 56.9 cm³/mol. The van der Waals surface area contributed by atoms with E-state index in [-0.39, 0.29) is 0 Å². The topological polar surface area (TPSA) is 47.0 Å². The van der Waals surface area contributed by atoms with Gasteiger partial charge in [0.25, 0.3) is 0 Å². The molecule has 0 aromatic carbocycles. The highest BCUT2D eigenvalue weighted by Gasteiger charge is 2.04. The molecule has 4 nitrogen and oxygen atoms in total. The van der Waals surface area contributed by atoms with Crippen LogP contribution in [0.2, 0.25) is 5.02 Å². The lowest BCUT2D eigenvalue weighted by atomic mass is 10.3. The van der Waals surface area contributed by atoms with E-state index in [1.54, 1.807) is 0 Å². The van der Waals surface area contributed by atoms with Gasteiger partial charge in [-0.2, -0.15) is 4.98 Å². The van der Waals surface area contributed by atoms with Gasteiger partial charge in [-0.3, -0.25) is 0 Å². The van der Waals surface area contributed by atoms with Gasteiger partial charge in [-0.05, 0) is 6.92 Å². The van der Waals surface area contributed by atoms with Crippen molar-refractivity contribution in [3.05, 3.63) is 23.4 Å². The molecule has 0 saturated carbocycles. The molecule has 0 aliphatic heterocycles. The van der Waals surface area contributed by atoms with Crippen LogP contribution < -0.4 is 10.1 Å². The third-order valence-electron chi connectivity index (χ3n) is 1.46. The first-order valence-electron chi connectivity index (χ1n) is 4.08. The minimum absolute atomic E-state index is 0.290. The summed E-state index contributed by atoms with van der Waals surface area (Å²) < 4.78 is 4.87. The van der Waals surface area contributed by atoms with Crippen molar-refractivity contribution in [2.45, 2.75) is 6.92 Å². The largest absolute Gasteiger partial charge is 0.467 e. The number of anilines is 1. The molecule has 1 aromatic heterocycles. The molecule has 0 fully saturated rings. The second-order valence-electron chi connectivity index (χ2n) is 2.86. The standard InChI is InChI=1S/C9H12ClN3O/c1-6(2)4-11-8-7(10)5-12-9(13-8)14-3/h5H,1,4H2,2-3H3,(H,11,12,13). The van der Waals surface area contributed by atoms with Crippen LogP contribution in [0.25, 0.3) is 0 Å². The maximum Gasteiger partial charge on any atom is 0.318 e. The first-order valence-corrected chi connectivity index (χ1v) is 4.46. The fourth-order valence-corrected chi connectivity index (χ4v) is 0.966. The van der Waals surface area contributed by atoms with Crippen molar-refractivity contribution in [2.24, 2.45) is 0 Å². The summed E-state index contributed by atoms with van der Waals surface area (Å²) in [5, 5.41) is 3.49. The zero-order valence-corrected chi connectivity index (χ0v) is 8.93. The van der Waals surface area contributed by atoms with Crippen LogP contribution in [0.1, 0.15) is 6.92 Å². The molecular formula is C9H12ClN3O. The number of aromatic nitrogens is 2. The van der Waals surface area contributed by atoms with E-state index in [2.05, 4.69) is 21.9 Å². The molecule has 5 heteroatoms. The molecule has 0 bridgehead atoms. The van der Waals surface area contributed by atoms with Gasteiger partial charge in [0.15, 0.2) is 5.82 Å². The number of halogens is 1. The summed E-state index contributed by atoms with van der Waals surface area (Å²) in [7, 11) is 1.51. The van der Waals surface area contributed by atoms with Gasteiger partial charge in [0.1, 0.15) is 5.02 Å². The molecule has 0 saturated heterocycles. The Labute approximate surface area is 88.0 Å². The molecule has 0 spiro atoms. The Balaban J connectivity index is 2.78. The van der Waals surface area contributed by atoms with Crippen molar-refractivity contribution < 1.29 is 4.74 Å². The minimum Gasteiger partial charge on any atom is -0.467 e. The molecule has 0 radical (unpaired) electrons. The summed E-state index contributed by atoms with van der Waals surface area (Å²) in [6.07, 6.45) is 1.49. The van der Waals surface area contributed by atoms with Crippen molar-refractivity contribution in [2.75, 3.05) is 19.0 Å². The molecule has 0 aliphatic carbocycles. The van der Waals surface area contributed by atoms with Gasteiger partial charge < -0.3 is 10.1 Å². The van der Waals surface area contributed by atoms with Crippen LogP contribution >= 0.6 is 11.6 Å². The summed E-state index contributed by atoms with van der Waals surface area (Å²) in [6, 6.07) is 0.290. The van der Waals surface area contributed by atoms with Crippen LogP contribution in [0.3, 0.4) is 0 Å². The lowest BCUT2D eigenvalue weighted by Gasteiger charge is -2.07. The SMILES string of the molecule is C=C(C)CNc1nc(OC)ncc1Cl. The minimum atomic E-state index is 0.290. The first-order chi connectivity index (χ1) is 6.63. The molecule has 76 valence electrons. The summed E-state index contributed by atoms with van der Waals surface area (Å²) >= 11 is 5.86. The number of methoxy groups -OCH3 is 1. The fourth-order valence-electron chi connectivity index (χ4n) is 0.808. The molecule has 1 aromatic rings. The normalized spacial score (nSPS) is 9.64. The third-order valence-corrected chi connectivity index (χ3v) is 1.74. The highest BCUT2D eigenvalue weighted by molar-refractivity contribution is 6.32. The van der Waals surface area contributed by atoms with E-state index in [0.717, 1.165) is 5.57 Å². The Morgan fingerprint density at radius 1 is 1.71 bits per heavy atom. The van der Waals surface area contributed by atoms with Crippen LogP contribution in [-0.4, -0.2) is 23.6 Å². The summed E-state index contributed by atoms with van der Waals surface area (Å²) in [4.78, 5) is 7.90. The van der Waals surface area contributed by atoms with Crippen LogP contribution in [0.5, 0.6) is 6.01 Å². The quantitative estimate of drug-likeness (QED) is 0.779. The van der Waals surface area contributed by atoms with E-state index in [1.165, 1.54) is 13.3 Å². The lowest BCUT2D eigenvalue weighted by molar-refractivity contribution is 0.380. The summed E-state index contributed by atoms with van der Waals surface area (Å²) in [5.74, 6) is 0.557. The van der Waals surface area contributed by atoms with Gasteiger partial charge in [0.05, 0.1) is 13.3 Å². The average molecular weight is 214 g/mol. The second kappa shape index (κ2) is 4.81. The van der Waals surface area contributed by atoms with E-state index < -0.39 is 0 Å². The molecule has 0 atom stereocenters. The van der Waals surface area contributed by atoms with Crippen molar-refractivity contribution in [3.63, 3.8) is 0 Å². The molecule has 1 rings (SSSR count). The monoisotopic (exact) mass is 213 g/mol. The Hall–Kier alpha value is -1.29. The number of nitrogens with zero attached hydrogens (tertiary/aromatic N) is 2. The zero-order valence-electron chi connectivity index (χ0n) is 8.17. The Bertz CT molecular complexity index is 341. The average Bonchev–Trinajstić information content (AvgIpc) is 2.16. The Morgan fingerprint density at radius 3 is 3.00 bits per heavy atom. The van der Waals surface area contributed by atoms with Crippen LogP contribution in [0.4, 0.5) is 5.82 Å². The maximum absolute atomic E-state index is 5.86. The Kier molecular flexibility index (Phi) is 3.71. The highest BCUT2D eigenvalue weighted by atomic mass is 35.5. The van der Waals surface area contributed by atoms with Crippen LogP contribution in [0, 0.1) is 0 Å². The molecule has 0 unspecified atom stereocenters. The summed E-state index contributed by atoms with van der Waals surface area (Å²) in [5.41, 5.74) is 0.999. The molecule has 0 amide bonds. The van der Waals surface area contributed by atoms with Gasteiger partial charge in [0, 0.05) is 6.54 Å². The van der Waals surface area contributed by atoms with Gasteiger partial charge in [0.2, 0.25) is 0 Å². The van der Waals surface area contributed by atoms with Gasteiger partial charge >= 0.3 is 6.01 Å². The molecule has 0 aliphatic rings. The lowest BCUT2D eigenvalue weighted by Crippen LogP contribution is -2.05. The molecule has 1 N–H and O–H groups in total. The van der Waals surface area contributed by atoms with Crippen molar-refractivity contribution in [3.8, 4) is 6.01 Å².